The number of aliphatic hydroxyl groups is 1. The molecule has 3 rings (SSSR count). The van der Waals surface area contributed by atoms with Crippen LogP contribution in [0, 0.1) is 11.7 Å². The van der Waals surface area contributed by atoms with Gasteiger partial charge in [0.1, 0.15) is 5.82 Å². The molecule has 11 heteroatoms. The van der Waals surface area contributed by atoms with Crippen LogP contribution in [0.5, 0.6) is 5.88 Å². The van der Waals surface area contributed by atoms with Crippen molar-refractivity contribution in [2.45, 2.75) is 26.5 Å². The third-order valence-electron chi connectivity index (χ3n) is 4.97. The standard InChI is InChI=1S/C25H27ClFN3O6/c1-15(2)14-35-25(33)21(31)13-30(28-24(32)22-11-23(34-3)29-36-22)12-16-4-6-17(7-5-16)19-10-18(26)8-9-20(19)27/h4-11,15,21,31H,12-14H2,1-3H3,(H,28,32)/t21-/m1/s1. The molecule has 0 saturated heterocycles. The zero-order chi connectivity index (χ0) is 26.2. The number of hydrogen-bond donors (Lipinski definition) is 2. The zero-order valence-corrected chi connectivity index (χ0v) is 20.8. The minimum Gasteiger partial charge on any atom is -0.479 e. The van der Waals surface area contributed by atoms with E-state index < -0.39 is 23.8 Å². The van der Waals surface area contributed by atoms with Crippen molar-refractivity contribution in [3.63, 3.8) is 0 Å². The molecule has 2 N–H and O–H groups in total. The van der Waals surface area contributed by atoms with Gasteiger partial charge in [-0.25, -0.2) is 14.2 Å². The fourth-order valence-corrected chi connectivity index (χ4v) is 3.34. The number of nitrogens with zero attached hydrogens (tertiary/aromatic N) is 2. The number of carbonyl (C=O) groups excluding carboxylic acids is 2. The van der Waals surface area contributed by atoms with Crippen LogP contribution >= 0.6 is 11.6 Å². The molecule has 0 aliphatic carbocycles. The Morgan fingerprint density at radius 2 is 1.92 bits per heavy atom. The van der Waals surface area contributed by atoms with Crippen molar-refractivity contribution >= 4 is 23.5 Å². The number of carbonyl (C=O) groups is 2. The van der Waals surface area contributed by atoms with E-state index in [-0.39, 0.29) is 37.3 Å². The highest BCUT2D eigenvalue weighted by Crippen LogP contribution is 2.26. The monoisotopic (exact) mass is 519 g/mol. The molecule has 0 aliphatic rings. The van der Waals surface area contributed by atoms with E-state index in [1.54, 1.807) is 24.3 Å². The van der Waals surface area contributed by atoms with Gasteiger partial charge in [0, 0.05) is 17.1 Å². The van der Waals surface area contributed by atoms with E-state index in [1.807, 2.05) is 13.8 Å². The van der Waals surface area contributed by atoms with Gasteiger partial charge in [0.2, 0.25) is 5.76 Å². The number of halogens is 2. The summed E-state index contributed by atoms with van der Waals surface area (Å²) >= 11 is 6.00. The molecule has 1 amide bonds. The summed E-state index contributed by atoms with van der Waals surface area (Å²) in [5.41, 5.74) is 4.26. The summed E-state index contributed by atoms with van der Waals surface area (Å²) in [6.45, 7) is 3.73. The number of benzene rings is 2. The Labute approximate surface area is 212 Å². The number of rotatable bonds is 11. The molecule has 0 unspecified atom stereocenters. The van der Waals surface area contributed by atoms with Crippen molar-refractivity contribution in [2.75, 3.05) is 20.3 Å². The van der Waals surface area contributed by atoms with Crippen LogP contribution in [0.15, 0.2) is 53.1 Å². The number of aromatic nitrogens is 1. The van der Waals surface area contributed by atoms with Crippen LogP contribution in [0.4, 0.5) is 4.39 Å². The van der Waals surface area contributed by atoms with Crippen molar-refractivity contribution in [1.29, 1.82) is 0 Å². The normalized spacial score (nSPS) is 12.0. The maximum absolute atomic E-state index is 14.2. The summed E-state index contributed by atoms with van der Waals surface area (Å²) in [7, 11) is 1.38. The number of ether oxygens (including phenoxy) is 2. The number of nitrogens with one attached hydrogen (secondary N) is 1. The molecular weight excluding hydrogens is 493 g/mol. The second kappa shape index (κ2) is 12.5. The molecule has 1 aromatic heterocycles. The van der Waals surface area contributed by atoms with Crippen LogP contribution in [0.25, 0.3) is 11.1 Å². The minimum atomic E-state index is -1.52. The number of amides is 1. The van der Waals surface area contributed by atoms with Gasteiger partial charge in [0.15, 0.2) is 6.10 Å². The molecular formula is C25H27ClFN3O6. The third-order valence-corrected chi connectivity index (χ3v) is 5.21. The Bertz CT molecular complexity index is 1180. The first kappa shape index (κ1) is 27.1. The number of esters is 1. The molecule has 0 spiro atoms. The number of aliphatic hydroxyl groups excluding tert-OH is 1. The lowest BCUT2D eigenvalue weighted by Gasteiger charge is -2.25. The van der Waals surface area contributed by atoms with E-state index >= 15 is 0 Å². The van der Waals surface area contributed by atoms with Crippen LogP contribution in [0.1, 0.15) is 30.0 Å². The topological polar surface area (TPSA) is 114 Å². The summed E-state index contributed by atoms with van der Waals surface area (Å²) in [6, 6.07) is 12.5. The Kier molecular flexibility index (Phi) is 9.40. The zero-order valence-electron chi connectivity index (χ0n) is 20.0. The van der Waals surface area contributed by atoms with Crippen molar-refractivity contribution in [1.82, 2.24) is 15.6 Å². The van der Waals surface area contributed by atoms with Gasteiger partial charge in [0.25, 0.3) is 5.88 Å². The van der Waals surface area contributed by atoms with E-state index in [2.05, 4.69) is 10.6 Å². The van der Waals surface area contributed by atoms with Crippen LogP contribution in [-0.2, 0) is 16.1 Å². The maximum Gasteiger partial charge on any atom is 0.336 e. The minimum absolute atomic E-state index is 0.0984. The second-order valence-corrected chi connectivity index (χ2v) is 8.85. The van der Waals surface area contributed by atoms with Gasteiger partial charge in [-0.05, 0) is 40.4 Å². The fraction of sp³-hybridized carbons (Fsp3) is 0.320. The molecule has 3 aromatic rings. The van der Waals surface area contributed by atoms with E-state index in [0.29, 0.717) is 21.7 Å². The lowest BCUT2D eigenvalue weighted by atomic mass is 10.0. The van der Waals surface area contributed by atoms with E-state index in [0.717, 1.165) is 0 Å². The molecule has 192 valence electrons. The summed E-state index contributed by atoms with van der Waals surface area (Å²) in [4.78, 5) is 24.8. The lowest BCUT2D eigenvalue weighted by molar-refractivity contribution is -0.156. The first-order valence-corrected chi connectivity index (χ1v) is 11.5. The fourth-order valence-electron chi connectivity index (χ4n) is 3.17. The van der Waals surface area contributed by atoms with Crippen LogP contribution in [0.3, 0.4) is 0 Å². The number of hydrazine groups is 1. The molecule has 9 nitrogen and oxygen atoms in total. The van der Waals surface area contributed by atoms with Crippen molar-refractivity contribution in [3.8, 4) is 17.0 Å². The van der Waals surface area contributed by atoms with Gasteiger partial charge >= 0.3 is 11.9 Å². The van der Waals surface area contributed by atoms with Gasteiger partial charge < -0.3 is 19.1 Å². The van der Waals surface area contributed by atoms with Gasteiger partial charge in [-0.1, -0.05) is 49.7 Å². The maximum atomic E-state index is 14.2. The molecule has 0 bridgehead atoms. The summed E-state index contributed by atoms with van der Waals surface area (Å²) in [6.07, 6.45) is -1.52. The Morgan fingerprint density at radius 3 is 2.56 bits per heavy atom. The van der Waals surface area contributed by atoms with Crippen molar-refractivity contribution < 1.29 is 33.1 Å². The van der Waals surface area contributed by atoms with Gasteiger partial charge in [0.05, 0.1) is 26.3 Å². The molecule has 2 aromatic carbocycles. The molecule has 0 saturated carbocycles. The number of hydrogen-bond acceptors (Lipinski definition) is 8. The first-order chi connectivity index (χ1) is 17.2. The van der Waals surface area contributed by atoms with Gasteiger partial charge in [-0.3, -0.25) is 10.2 Å². The van der Waals surface area contributed by atoms with Crippen LogP contribution in [0.2, 0.25) is 5.02 Å². The van der Waals surface area contributed by atoms with E-state index in [4.69, 9.17) is 25.6 Å². The summed E-state index contributed by atoms with van der Waals surface area (Å²) in [5.74, 6) is -1.79. The predicted molar refractivity (Wildman–Crippen MR) is 130 cm³/mol. The largest absolute Gasteiger partial charge is 0.479 e. The Balaban J connectivity index is 1.76. The highest BCUT2D eigenvalue weighted by molar-refractivity contribution is 6.30. The lowest BCUT2D eigenvalue weighted by Crippen LogP contribution is -2.47. The Hall–Kier alpha value is -3.47. The van der Waals surface area contributed by atoms with Crippen molar-refractivity contribution in [2.24, 2.45) is 5.92 Å². The second-order valence-electron chi connectivity index (χ2n) is 8.42. The molecule has 0 aliphatic heterocycles. The van der Waals surface area contributed by atoms with E-state index in [1.165, 1.54) is 36.4 Å². The molecule has 0 fully saturated rings. The highest BCUT2D eigenvalue weighted by Gasteiger charge is 2.24. The third kappa shape index (κ3) is 7.51. The summed E-state index contributed by atoms with van der Waals surface area (Å²) < 4.78 is 29.2. The SMILES string of the molecule is COc1cc(C(=O)NN(Cc2ccc(-c3cc(Cl)ccc3F)cc2)C[C@@H](O)C(=O)OCC(C)C)on1. The molecule has 1 heterocycles. The average molecular weight is 520 g/mol. The van der Waals surface area contributed by atoms with Gasteiger partial charge in [-0.2, -0.15) is 0 Å². The van der Waals surface area contributed by atoms with E-state index in [9.17, 15) is 19.1 Å². The number of methoxy groups -OCH3 is 1. The Morgan fingerprint density at radius 1 is 1.19 bits per heavy atom. The smallest absolute Gasteiger partial charge is 0.336 e. The van der Waals surface area contributed by atoms with Crippen molar-refractivity contribution in [3.05, 3.63) is 70.7 Å². The highest BCUT2D eigenvalue weighted by atomic mass is 35.5. The quantitative estimate of drug-likeness (QED) is 0.290. The molecule has 0 radical (unpaired) electrons. The van der Waals surface area contributed by atoms with Crippen LogP contribution in [-0.4, -0.2) is 53.5 Å². The molecule has 1 atom stereocenters. The summed E-state index contributed by atoms with van der Waals surface area (Å²) in [5, 5.41) is 15.7. The van der Waals surface area contributed by atoms with Crippen LogP contribution < -0.4 is 10.2 Å². The molecule has 36 heavy (non-hydrogen) atoms. The van der Waals surface area contributed by atoms with Gasteiger partial charge in [-0.15, -0.1) is 0 Å². The first-order valence-electron chi connectivity index (χ1n) is 11.1. The average Bonchev–Trinajstić information content (AvgIpc) is 3.34. The predicted octanol–water partition coefficient (Wildman–Crippen LogP) is 3.85.